The number of hydrogen-bond donors (Lipinski definition) is 1. The average molecular weight is 345 g/mol. The minimum absolute atomic E-state index is 0.114. The molecule has 0 radical (unpaired) electrons. The number of nitrogens with zero attached hydrogens (tertiary/aromatic N) is 1. The number of rotatable bonds is 7. The molecule has 0 aliphatic rings. The molecule has 0 saturated heterocycles. The Morgan fingerprint density at radius 3 is 2.08 bits per heavy atom. The van der Waals surface area contributed by atoms with Gasteiger partial charge in [-0.3, -0.25) is 9.59 Å². The van der Waals surface area contributed by atoms with E-state index in [1.54, 1.807) is 20.8 Å². The predicted molar refractivity (Wildman–Crippen MR) is 83.4 cm³/mol. The van der Waals surface area contributed by atoms with Gasteiger partial charge in [-0.1, -0.05) is 19.1 Å². The lowest BCUT2D eigenvalue weighted by atomic mass is 9.98. The fourth-order valence-corrected chi connectivity index (χ4v) is 2.39. The maximum Gasteiger partial charge on any atom is 0.416 e. The minimum atomic E-state index is -4.38. The summed E-state index contributed by atoms with van der Waals surface area (Å²) in [5, 5.41) is 8.76. The van der Waals surface area contributed by atoms with Crippen molar-refractivity contribution in [1.29, 1.82) is 0 Å². The number of aliphatic carboxylic acids is 1. The molecule has 1 unspecified atom stereocenters. The molecule has 1 aromatic carbocycles. The van der Waals surface area contributed by atoms with Crippen molar-refractivity contribution in [3.8, 4) is 0 Å². The molecule has 4 nitrogen and oxygen atoms in total. The number of alkyl halides is 3. The van der Waals surface area contributed by atoms with Crippen molar-refractivity contribution in [2.45, 2.75) is 45.8 Å². The molecule has 0 aromatic heterocycles. The standard InChI is InChI=1S/C17H22F3NO3/c1-11(2)21(9-8-15(22)23)16(24)12(3)10-13-4-6-14(7-5-13)17(18,19)20/h4-7,11-12H,8-10H2,1-3H3,(H,22,23). The Balaban J connectivity index is 2.75. The second-order valence-corrected chi connectivity index (χ2v) is 6.07. The first-order valence-corrected chi connectivity index (χ1v) is 7.70. The molecule has 1 aromatic rings. The number of amides is 1. The van der Waals surface area contributed by atoms with E-state index in [4.69, 9.17) is 5.11 Å². The second-order valence-electron chi connectivity index (χ2n) is 6.07. The van der Waals surface area contributed by atoms with Crippen molar-refractivity contribution in [3.63, 3.8) is 0 Å². The number of carboxylic acids is 1. The summed E-state index contributed by atoms with van der Waals surface area (Å²) in [5.74, 6) is -1.63. The summed E-state index contributed by atoms with van der Waals surface area (Å²) >= 11 is 0. The molecule has 0 spiro atoms. The van der Waals surface area contributed by atoms with Gasteiger partial charge in [0, 0.05) is 18.5 Å². The normalized spacial score (nSPS) is 13.0. The van der Waals surface area contributed by atoms with Gasteiger partial charge in [-0.05, 0) is 38.0 Å². The Labute approximate surface area is 139 Å². The van der Waals surface area contributed by atoms with Gasteiger partial charge in [-0.15, -0.1) is 0 Å². The van der Waals surface area contributed by atoms with Crippen molar-refractivity contribution >= 4 is 11.9 Å². The lowest BCUT2D eigenvalue weighted by Crippen LogP contribution is -2.42. The summed E-state index contributed by atoms with van der Waals surface area (Å²) in [4.78, 5) is 24.7. The molecule has 24 heavy (non-hydrogen) atoms. The Bertz CT molecular complexity index is 567. The lowest BCUT2D eigenvalue weighted by Gasteiger charge is -2.29. The lowest BCUT2D eigenvalue weighted by molar-refractivity contribution is -0.141. The van der Waals surface area contributed by atoms with Gasteiger partial charge < -0.3 is 10.0 Å². The first kappa shape index (κ1) is 20.0. The number of carbonyl (C=O) groups excluding carboxylic acids is 1. The van der Waals surface area contributed by atoms with E-state index >= 15 is 0 Å². The maximum atomic E-state index is 12.5. The van der Waals surface area contributed by atoms with Gasteiger partial charge in [0.2, 0.25) is 5.91 Å². The van der Waals surface area contributed by atoms with E-state index in [1.165, 1.54) is 17.0 Å². The fraction of sp³-hybridized carbons (Fsp3) is 0.529. The van der Waals surface area contributed by atoms with E-state index in [0.29, 0.717) is 12.0 Å². The van der Waals surface area contributed by atoms with Gasteiger partial charge >= 0.3 is 12.1 Å². The molecular weight excluding hydrogens is 323 g/mol. The zero-order valence-corrected chi connectivity index (χ0v) is 13.9. The molecule has 134 valence electrons. The van der Waals surface area contributed by atoms with E-state index in [9.17, 15) is 22.8 Å². The highest BCUT2D eigenvalue weighted by Crippen LogP contribution is 2.29. The molecular formula is C17H22F3NO3. The van der Waals surface area contributed by atoms with E-state index in [2.05, 4.69) is 0 Å². The van der Waals surface area contributed by atoms with Crippen molar-refractivity contribution < 1.29 is 27.9 Å². The first-order chi connectivity index (χ1) is 11.0. The van der Waals surface area contributed by atoms with Gasteiger partial charge in [0.1, 0.15) is 0 Å². The van der Waals surface area contributed by atoms with Crippen LogP contribution in [0.1, 0.15) is 38.3 Å². The highest BCUT2D eigenvalue weighted by Gasteiger charge is 2.30. The third-order valence-corrected chi connectivity index (χ3v) is 3.72. The number of carbonyl (C=O) groups is 2. The molecule has 0 aliphatic carbocycles. The van der Waals surface area contributed by atoms with Crippen molar-refractivity contribution in [2.75, 3.05) is 6.54 Å². The van der Waals surface area contributed by atoms with Crippen LogP contribution in [-0.2, 0) is 22.2 Å². The number of halogens is 3. The summed E-state index contributed by atoms with van der Waals surface area (Å²) in [6.45, 7) is 5.40. The molecule has 0 bridgehead atoms. The summed E-state index contributed by atoms with van der Waals surface area (Å²) in [7, 11) is 0. The number of benzene rings is 1. The van der Waals surface area contributed by atoms with Crippen LogP contribution in [0.25, 0.3) is 0 Å². The Kier molecular flexibility index (Phi) is 6.81. The van der Waals surface area contributed by atoms with E-state index < -0.39 is 23.6 Å². The highest BCUT2D eigenvalue weighted by atomic mass is 19.4. The Morgan fingerprint density at radius 1 is 1.12 bits per heavy atom. The number of hydrogen-bond acceptors (Lipinski definition) is 2. The van der Waals surface area contributed by atoms with Crippen LogP contribution >= 0.6 is 0 Å². The monoisotopic (exact) mass is 345 g/mol. The van der Waals surface area contributed by atoms with Crippen LogP contribution in [0.3, 0.4) is 0 Å². The van der Waals surface area contributed by atoms with Gasteiger partial charge in [0.15, 0.2) is 0 Å². The smallest absolute Gasteiger partial charge is 0.416 e. The van der Waals surface area contributed by atoms with Crippen molar-refractivity contribution in [1.82, 2.24) is 4.90 Å². The van der Waals surface area contributed by atoms with Crippen LogP contribution in [0.4, 0.5) is 13.2 Å². The average Bonchev–Trinajstić information content (AvgIpc) is 2.46. The summed E-state index contributed by atoms with van der Waals surface area (Å²) in [6, 6.07) is 4.58. The highest BCUT2D eigenvalue weighted by molar-refractivity contribution is 5.79. The van der Waals surface area contributed by atoms with Crippen LogP contribution in [0, 0.1) is 5.92 Å². The summed E-state index contributed by atoms with van der Waals surface area (Å²) in [6.07, 6.45) is -4.23. The predicted octanol–water partition coefficient (Wildman–Crippen LogP) is 3.60. The first-order valence-electron chi connectivity index (χ1n) is 7.70. The van der Waals surface area contributed by atoms with Crippen LogP contribution in [-0.4, -0.2) is 34.5 Å². The van der Waals surface area contributed by atoms with Gasteiger partial charge in [0.25, 0.3) is 0 Å². The Morgan fingerprint density at radius 2 is 1.67 bits per heavy atom. The third-order valence-electron chi connectivity index (χ3n) is 3.72. The Hall–Kier alpha value is -2.05. The largest absolute Gasteiger partial charge is 0.481 e. The molecule has 0 saturated carbocycles. The molecule has 0 heterocycles. The SMILES string of the molecule is CC(Cc1ccc(C(F)(F)F)cc1)C(=O)N(CCC(=O)O)C(C)C. The third kappa shape index (κ3) is 5.86. The number of carboxylic acid groups (broad SMARTS) is 1. The summed E-state index contributed by atoms with van der Waals surface area (Å²) < 4.78 is 37.6. The van der Waals surface area contributed by atoms with Crippen LogP contribution < -0.4 is 0 Å². The second kappa shape index (κ2) is 8.17. The summed E-state index contributed by atoms with van der Waals surface area (Å²) in [5.41, 5.74) is -0.0960. The van der Waals surface area contributed by atoms with E-state index in [0.717, 1.165) is 12.1 Å². The van der Waals surface area contributed by atoms with E-state index in [-0.39, 0.29) is 24.9 Å². The molecule has 0 fully saturated rings. The van der Waals surface area contributed by atoms with Crippen LogP contribution in [0.15, 0.2) is 24.3 Å². The van der Waals surface area contributed by atoms with Crippen LogP contribution in [0.2, 0.25) is 0 Å². The van der Waals surface area contributed by atoms with Crippen LogP contribution in [0.5, 0.6) is 0 Å². The molecule has 1 rings (SSSR count). The molecule has 1 atom stereocenters. The maximum absolute atomic E-state index is 12.5. The zero-order chi connectivity index (χ0) is 18.5. The van der Waals surface area contributed by atoms with Crippen molar-refractivity contribution in [2.24, 2.45) is 5.92 Å². The van der Waals surface area contributed by atoms with Crippen molar-refractivity contribution in [3.05, 3.63) is 35.4 Å². The quantitative estimate of drug-likeness (QED) is 0.821. The zero-order valence-electron chi connectivity index (χ0n) is 13.9. The van der Waals surface area contributed by atoms with Gasteiger partial charge in [-0.2, -0.15) is 13.2 Å². The van der Waals surface area contributed by atoms with E-state index in [1.807, 2.05) is 0 Å². The molecule has 0 aliphatic heterocycles. The van der Waals surface area contributed by atoms with Gasteiger partial charge in [-0.25, -0.2) is 0 Å². The molecule has 1 amide bonds. The molecule has 7 heteroatoms. The fourth-order valence-electron chi connectivity index (χ4n) is 2.39. The molecule has 1 N–H and O–H groups in total. The minimum Gasteiger partial charge on any atom is -0.481 e. The van der Waals surface area contributed by atoms with Gasteiger partial charge in [0.05, 0.1) is 12.0 Å². The topological polar surface area (TPSA) is 57.6 Å².